The quantitative estimate of drug-likeness (QED) is 0.888. The van der Waals surface area contributed by atoms with Crippen molar-refractivity contribution in [1.82, 2.24) is 25.1 Å². The summed E-state index contributed by atoms with van der Waals surface area (Å²) in [5, 5.41) is 7.67. The molecule has 2 N–H and O–H groups in total. The number of hydrogen-bond donors (Lipinski definition) is 2. The zero-order valence-corrected chi connectivity index (χ0v) is 16.0. The molecule has 6 nitrogen and oxygen atoms in total. The highest BCUT2D eigenvalue weighted by Crippen LogP contribution is 2.31. The third-order valence-electron chi connectivity index (χ3n) is 5.56. The Morgan fingerprint density at radius 1 is 1.38 bits per heavy atom. The summed E-state index contributed by atoms with van der Waals surface area (Å²) in [5.41, 5.74) is 6.75. The molecule has 1 amide bonds. The molecule has 1 aliphatic carbocycles. The zero-order chi connectivity index (χ0) is 18.4. The van der Waals surface area contributed by atoms with Crippen molar-refractivity contribution in [2.75, 3.05) is 6.54 Å². The largest absolute Gasteiger partial charge is 0.340 e. The minimum atomic E-state index is 0.227. The summed E-state index contributed by atoms with van der Waals surface area (Å²) in [4.78, 5) is 22.6. The first kappa shape index (κ1) is 17.1. The number of nitrogens with one attached hydrogen (secondary N) is 2. The molecular weight excluding hydrogens is 326 g/mol. The molecule has 1 aliphatic heterocycles. The van der Waals surface area contributed by atoms with Gasteiger partial charge in [-0.15, -0.1) is 0 Å². The van der Waals surface area contributed by atoms with Gasteiger partial charge in [-0.05, 0) is 37.7 Å². The molecule has 3 heterocycles. The fourth-order valence-electron chi connectivity index (χ4n) is 3.84. The third-order valence-corrected chi connectivity index (χ3v) is 5.56. The number of carbonyl (C=O) groups is 1. The molecule has 0 saturated carbocycles. The minimum Gasteiger partial charge on any atom is -0.340 e. The van der Waals surface area contributed by atoms with Gasteiger partial charge in [-0.1, -0.05) is 26.3 Å². The van der Waals surface area contributed by atoms with Crippen molar-refractivity contribution >= 4 is 12.0 Å². The smallest absolute Gasteiger partial charge is 0.223 e. The SMILES string of the molecule is CC1=Cc2nc(-c3n[nH]c4c3CCN(C(=O)CC(C)C)C4)[nH]c2CC1C. The maximum Gasteiger partial charge on any atom is 0.223 e. The summed E-state index contributed by atoms with van der Waals surface area (Å²) in [6.45, 7) is 9.94. The van der Waals surface area contributed by atoms with Crippen LogP contribution in [-0.4, -0.2) is 37.5 Å². The lowest BCUT2D eigenvalue weighted by atomic mass is 9.91. The Kier molecular flexibility index (Phi) is 4.21. The highest BCUT2D eigenvalue weighted by atomic mass is 16.2. The molecule has 2 aromatic heterocycles. The van der Waals surface area contributed by atoms with Gasteiger partial charge >= 0.3 is 0 Å². The predicted octanol–water partition coefficient (Wildman–Crippen LogP) is 3.33. The molecule has 138 valence electrons. The Bertz CT molecular complexity index is 873. The highest BCUT2D eigenvalue weighted by Gasteiger charge is 2.27. The van der Waals surface area contributed by atoms with Crippen LogP contribution in [0.4, 0.5) is 0 Å². The van der Waals surface area contributed by atoms with Crippen LogP contribution in [0.2, 0.25) is 0 Å². The van der Waals surface area contributed by atoms with Gasteiger partial charge < -0.3 is 9.88 Å². The zero-order valence-electron chi connectivity index (χ0n) is 16.0. The average Bonchev–Trinajstić information content (AvgIpc) is 3.17. The first-order valence-corrected chi connectivity index (χ1v) is 9.53. The van der Waals surface area contributed by atoms with Crippen molar-refractivity contribution in [3.8, 4) is 11.5 Å². The van der Waals surface area contributed by atoms with Crippen LogP contribution in [0.1, 0.15) is 56.8 Å². The lowest BCUT2D eigenvalue weighted by molar-refractivity contribution is -0.132. The number of rotatable bonds is 3. The second-order valence-electron chi connectivity index (χ2n) is 8.14. The van der Waals surface area contributed by atoms with Gasteiger partial charge in [0.05, 0.1) is 17.9 Å². The summed E-state index contributed by atoms with van der Waals surface area (Å²) in [7, 11) is 0. The van der Waals surface area contributed by atoms with Crippen LogP contribution < -0.4 is 0 Å². The van der Waals surface area contributed by atoms with Gasteiger partial charge in [0.2, 0.25) is 5.91 Å². The minimum absolute atomic E-state index is 0.227. The van der Waals surface area contributed by atoms with Crippen molar-refractivity contribution in [3.05, 3.63) is 28.2 Å². The van der Waals surface area contributed by atoms with Gasteiger partial charge in [-0.2, -0.15) is 5.10 Å². The van der Waals surface area contributed by atoms with Crippen LogP contribution in [0.3, 0.4) is 0 Å². The van der Waals surface area contributed by atoms with Crippen LogP contribution in [0.5, 0.6) is 0 Å². The Morgan fingerprint density at radius 2 is 2.19 bits per heavy atom. The summed E-state index contributed by atoms with van der Waals surface area (Å²) in [6, 6.07) is 0. The summed E-state index contributed by atoms with van der Waals surface area (Å²) in [6.07, 6.45) is 4.59. The second-order valence-corrected chi connectivity index (χ2v) is 8.14. The molecule has 2 aromatic rings. The number of aromatic nitrogens is 4. The molecule has 0 bridgehead atoms. The van der Waals surface area contributed by atoms with E-state index in [0.717, 1.165) is 42.3 Å². The highest BCUT2D eigenvalue weighted by molar-refractivity contribution is 5.77. The number of amides is 1. The van der Waals surface area contributed by atoms with E-state index in [2.05, 4.69) is 49.0 Å². The summed E-state index contributed by atoms with van der Waals surface area (Å²) < 4.78 is 0. The number of H-pyrrole nitrogens is 2. The summed E-state index contributed by atoms with van der Waals surface area (Å²) in [5.74, 6) is 2.00. The van der Waals surface area contributed by atoms with Crippen molar-refractivity contribution < 1.29 is 4.79 Å². The van der Waals surface area contributed by atoms with Crippen molar-refractivity contribution in [2.45, 2.75) is 53.5 Å². The lowest BCUT2D eigenvalue weighted by Gasteiger charge is -2.27. The molecule has 0 aromatic carbocycles. The maximum atomic E-state index is 12.4. The van der Waals surface area contributed by atoms with E-state index in [0.29, 0.717) is 24.8 Å². The predicted molar refractivity (Wildman–Crippen MR) is 101 cm³/mol. The van der Waals surface area contributed by atoms with Crippen LogP contribution in [0, 0.1) is 11.8 Å². The first-order valence-electron chi connectivity index (χ1n) is 9.53. The number of allylic oxidation sites excluding steroid dienone is 1. The fourth-order valence-corrected chi connectivity index (χ4v) is 3.84. The van der Waals surface area contributed by atoms with Crippen molar-refractivity contribution in [3.63, 3.8) is 0 Å². The van der Waals surface area contributed by atoms with E-state index in [1.54, 1.807) is 0 Å². The molecule has 4 rings (SSSR count). The van der Waals surface area contributed by atoms with Crippen LogP contribution in [-0.2, 0) is 24.2 Å². The van der Waals surface area contributed by atoms with Gasteiger partial charge in [0.25, 0.3) is 0 Å². The van der Waals surface area contributed by atoms with E-state index in [4.69, 9.17) is 4.98 Å². The normalized spacial score (nSPS) is 19.3. The summed E-state index contributed by atoms with van der Waals surface area (Å²) >= 11 is 0. The maximum absolute atomic E-state index is 12.4. The molecule has 2 aliphatic rings. The Morgan fingerprint density at radius 3 is 2.96 bits per heavy atom. The standard InChI is InChI=1S/C20H27N5O/c1-11(2)7-18(26)25-6-5-14-17(10-25)23-24-19(14)20-21-15-8-12(3)13(4)9-16(15)22-20/h8,11,13H,5-7,9-10H2,1-4H3,(H,21,22)(H,23,24). The fraction of sp³-hybridized carbons (Fsp3) is 0.550. The Hall–Kier alpha value is -2.37. The molecule has 6 heteroatoms. The van der Waals surface area contributed by atoms with Crippen LogP contribution >= 0.6 is 0 Å². The van der Waals surface area contributed by atoms with Crippen LogP contribution in [0.25, 0.3) is 17.6 Å². The Labute approximate surface area is 154 Å². The lowest BCUT2D eigenvalue weighted by Crippen LogP contribution is -2.36. The van der Waals surface area contributed by atoms with E-state index < -0.39 is 0 Å². The number of imidazole rings is 1. The topological polar surface area (TPSA) is 77.7 Å². The molecule has 0 saturated heterocycles. The van der Waals surface area contributed by atoms with Crippen molar-refractivity contribution in [1.29, 1.82) is 0 Å². The van der Waals surface area contributed by atoms with Gasteiger partial charge in [0.15, 0.2) is 5.82 Å². The molecule has 0 radical (unpaired) electrons. The number of nitrogens with zero attached hydrogens (tertiary/aromatic N) is 3. The monoisotopic (exact) mass is 353 g/mol. The number of fused-ring (bicyclic) bond motifs is 2. The van der Waals surface area contributed by atoms with Gasteiger partial charge in [-0.25, -0.2) is 4.98 Å². The Balaban J connectivity index is 1.58. The average molecular weight is 353 g/mol. The van der Waals surface area contributed by atoms with E-state index in [9.17, 15) is 4.79 Å². The third kappa shape index (κ3) is 2.97. The number of carbonyl (C=O) groups excluding carboxylic acids is 1. The van der Waals surface area contributed by atoms with Gasteiger partial charge in [0.1, 0.15) is 5.69 Å². The van der Waals surface area contributed by atoms with E-state index >= 15 is 0 Å². The van der Waals surface area contributed by atoms with E-state index in [1.807, 2.05) is 4.90 Å². The van der Waals surface area contributed by atoms with Crippen LogP contribution in [0.15, 0.2) is 5.57 Å². The van der Waals surface area contributed by atoms with Gasteiger partial charge in [-0.3, -0.25) is 9.89 Å². The number of hydrogen-bond acceptors (Lipinski definition) is 3. The molecule has 1 atom stereocenters. The first-order chi connectivity index (χ1) is 12.4. The number of aromatic amines is 2. The van der Waals surface area contributed by atoms with E-state index in [1.165, 1.54) is 16.8 Å². The van der Waals surface area contributed by atoms with Crippen molar-refractivity contribution in [2.24, 2.45) is 11.8 Å². The van der Waals surface area contributed by atoms with Gasteiger partial charge in [0, 0.05) is 24.2 Å². The molecular formula is C20H27N5O. The molecule has 1 unspecified atom stereocenters. The molecule has 26 heavy (non-hydrogen) atoms. The second kappa shape index (κ2) is 6.41. The molecule has 0 fully saturated rings. The van der Waals surface area contributed by atoms with E-state index in [-0.39, 0.29) is 5.91 Å². The molecule has 0 spiro atoms.